The van der Waals surface area contributed by atoms with E-state index >= 15 is 0 Å². The number of hydrogen-bond acceptors (Lipinski definition) is 1. The van der Waals surface area contributed by atoms with E-state index in [-0.39, 0.29) is 0 Å². The van der Waals surface area contributed by atoms with Crippen LogP contribution >= 0.6 is 0 Å². The first-order valence-corrected chi connectivity index (χ1v) is 1.84. The summed E-state index contributed by atoms with van der Waals surface area (Å²) in [7, 11) is 1.60. The van der Waals surface area contributed by atoms with Crippen LogP contribution < -0.4 is 0 Å². The SMILES string of the molecule is CO[C](C)=[Fe+]. The van der Waals surface area contributed by atoms with E-state index in [4.69, 9.17) is 0 Å². The van der Waals surface area contributed by atoms with E-state index in [1.807, 2.05) is 0 Å². The molecule has 31 valence electrons. The van der Waals surface area contributed by atoms with Gasteiger partial charge in [-0.3, -0.25) is 0 Å². The molecule has 0 spiro atoms. The van der Waals surface area contributed by atoms with Gasteiger partial charge in [0.25, 0.3) is 0 Å². The van der Waals surface area contributed by atoms with Crippen LogP contribution in [0.2, 0.25) is 0 Å². The first-order chi connectivity index (χ1) is 2.27. The van der Waals surface area contributed by atoms with Gasteiger partial charge in [-0.1, -0.05) is 0 Å². The Bertz CT molecular complexity index is 42.2. The van der Waals surface area contributed by atoms with E-state index in [1.54, 1.807) is 14.0 Å². The predicted molar refractivity (Wildman–Crippen MR) is 17.7 cm³/mol. The number of methoxy groups -OCH3 is 1. The monoisotopic (exact) mass is 114 g/mol. The van der Waals surface area contributed by atoms with Gasteiger partial charge in [0.15, 0.2) is 0 Å². The number of ether oxygens (including phenoxy) is 1. The summed E-state index contributed by atoms with van der Waals surface area (Å²) in [4.78, 5) is 0. The summed E-state index contributed by atoms with van der Waals surface area (Å²) < 4.78 is 5.31. The summed E-state index contributed by atoms with van der Waals surface area (Å²) in [6.07, 6.45) is 0. The van der Waals surface area contributed by atoms with Crippen LogP contribution in [-0.2, 0) is 20.3 Å². The molecule has 0 aliphatic heterocycles. The molecule has 1 nitrogen and oxygen atoms in total. The molecule has 0 aliphatic carbocycles. The molecule has 0 atom stereocenters. The van der Waals surface area contributed by atoms with E-state index in [1.165, 1.54) is 0 Å². The normalized spacial score (nSPS) is 7.60. The Morgan fingerprint density at radius 2 is 2.00 bits per heavy atom. The van der Waals surface area contributed by atoms with Crippen LogP contribution in [0.3, 0.4) is 0 Å². The number of hydrogen-bond donors (Lipinski definition) is 0. The van der Waals surface area contributed by atoms with Gasteiger partial charge in [-0.25, -0.2) is 0 Å². The van der Waals surface area contributed by atoms with Gasteiger partial charge in [0.1, 0.15) is 0 Å². The van der Waals surface area contributed by atoms with Crippen molar-refractivity contribution in [2.45, 2.75) is 6.92 Å². The van der Waals surface area contributed by atoms with Crippen LogP contribution in [0.1, 0.15) is 6.92 Å². The average molecular weight is 114 g/mol. The van der Waals surface area contributed by atoms with Crippen molar-refractivity contribution in [3.63, 3.8) is 0 Å². The molecular weight excluding hydrogens is 108 g/mol. The Balaban J connectivity index is 2.85. The average Bonchev–Trinajstić information content (AvgIpc) is 1.38. The fourth-order valence-corrected chi connectivity index (χ4v) is 0. The zero-order valence-corrected chi connectivity index (χ0v) is 4.37. The van der Waals surface area contributed by atoms with Crippen molar-refractivity contribution in [1.82, 2.24) is 0 Å². The van der Waals surface area contributed by atoms with Crippen molar-refractivity contribution >= 4 is 4.60 Å². The van der Waals surface area contributed by atoms with E-state index < -0.39 is 0 Å². The Hall–Kier alpha value is 0.349. The summed E-state index contributed by atoms with van der Waals surface area (Å²) >= 11 is 3.45. The van der Waals surface area contributed by atoms with Crippen molar-refractivity contribution in [2.24, 2.45) is 0 Å². The zero-order valence-electron chi connectivity index (χ0n) is 3.26. The van der Waals surface area contributed by atoms with E-state index in [0.29, 0.717) is 0 Å². The Labute approximate surface area is 39.7 Å². The second-order valence-corrected chi connectivity index (χ2v) is 1.43. The first-order valence-electron chi connectivity index (χ1n) is 1.29. The Morgan fingerprint density at radius 3 is 2.00 bits per heavy atom. The molecule has 0 rings (SSSR count). The summed E-state index contributed by atoms with van der Waals surface area (Å²) in [5, 5.41) is 0. The topological polar surface area (TPSA) is 9.23 Å². The molecule has 0 heterocycles. The first kappa shape index (κ1) is 5.35. The molecule has 0 unspecified atom stereocenters. The van der Waals surface area contributed by atoms with Crippen LogP contribution in [0.5, 0.6) is 0 Å². The van der Waals surface area contributed by atoms with Gasteiger partial charge < -0.3 is 0 Å². The van der Waals surface area contributed by atoms with Gasteiger partial charge in [0.05, 0.1) is 0 Å². The molecule has 0 amide bonds. The molecule has 5 heavy (non-hydrogen) atoms. The van der Waals surface area contributed by atoms with Crippen LogP contribution in [0.25, 0.3) is 0 Å². The molecule has 0 saturated heterocycles. The van der Waals surface area contributed by atoms with Crippen molar-refractivity contribution < 1.29 is 20.3 Å². The van der Waals surface area contributed by atoms with Crippen molar-refractivity contribution in [3.05, 3.63) is 0 Å². The fourth-order valence-electron chi connectivity index (χ4n) is 0. The van der Waals surface area contributed by atoms with Crippen LogP contribution in [0.15, 0.2) is 0 Å². The summed E-state index contributed by atoms with van der Waals surface area (Å²) in [5.74, 6) is 0. The quantitative estimate of drug-likeness (QED) is 0.446. The standard InChI is InChI=1S/C3H6O.Fe/c1-3-4-2;/h1-2H3;/q;+1. The van der Waals surface area contributed by atoms with Gasteiger partial charge in [-0.05, 0) is 0 Å². The Kier molecular flexibility index (Phi) is 2.76. The summed E-state index contributed by atoms with van der Waals surface area (Å²) in [6, 6.07) is 0. The van der Waals surface area contributed by atoms with Crippen LogP contribution in [0.4, 0.5) is 0 Å². The second-order valence-electron chi connectivity index (χ2n) is 0.657. The van der Waals surface area contributed by atoms with Crippen molar-refractivity contribution in [2.75, 3.05) is 7.11 Å². The van der Waals surface area contributed by atoms with Crippen molar-refractivity contribution in [3.8, 4) is 0 Å². The van der Waals surface area contributed by atoms with Crippen molar-refractivity contribution in [1.29, 1.82) is 0 Å². The molecule has 0 radical (unpaired) electrons. The fraction of sp³-hybridized carbons (Fsp3) is 0.667. The Morgan fingerprint density at radius 1 is 1.80 bits per heavy atom. The third-order valence-electron chi connectivity index (χ3n) is 0.276. The molecule has 0 fully saturated rings. The zero-order chi connectivity index (χ0) is 4.28. The maximum absolute atomic E-state index is 4.56. The maximum atomic E-state index is 4.56. The molecule has 0 saturated carbocycles. The number of rotatable bonds is 1. The molecule has 0 bridgehead atoms. The van der Waals surface area contributed by atoms with E-state index in [9.17, 15) is 0 Å². The molecule has 0 aromatic heterocycles. The third kappa shape index (κ3) is 4.35. The minimum absolute atomic E-state index is 0.755. The third-order valence-corrected chi connectivity index (χ3v) is 0.502. The van der Waals surface area contributed by atoms with Gasteiger partial charge in [-0.15, -0.1) is 0 Å². The van der Waals surface area contributed by atoms with Gasteiger partial charge in [0, 0.05) is 0 Å². The summed E-state index contributed by atoms with van der Waals surface area (Å²) in [5.41, 5.74) is 0. The molecule has 0 aromatic carbocycles. The van der Waals surface area contributed by atoms with Gasteiger partial charge in [-0.2, -0.15) is 0 Å². The summed E-state index contributed by atoms with van der Waals surface area (Å²) in [6.45, 7) is 1.81. The van der Waals surface area contributed by atoms with E-state index in [2.05, 4.69) is 20.3 Å². The second kappa shape index (κ2) is 2.58. The minimum atomic E-state index is 0.755. The van der Waals surface area contributed by atoms with E-state index in [0.717, 1.165) is 4.60 Å². The van der Waals surface area contributed by atoms with Gasteiger partial charge in [0.2, 0.25) is 0 Å². The van der Waals surface area contributed by atoms with Crippen LogP contribution in [-0.4, -0.2) is 11.7 Å². The van der Waals surface area contributed by atoms with Crippen LogP contribution in [0, 0.1) is 0 Å². The van der Waals surface area contributed by atoms with Gasteiger partial charge >= 0.3 is 38.9 Å². The molecule has 2 heteroatoms. The predicted octanol–water partition coefficient (Wildman–Crippen LogP) is 0.329. The molecule has 0 aromatic rings. The molecule has 0 aliphatic rings. The molecular formula is C3H6FeO+. The molecule has 0 N–H and O–H groups in total.